The third kappa shape index (κ3) is 1.55. The second kappa shape index (κ2) is 4.36. The van der Waals surface area contributed by atoms with Crippen molar-refractivity contribution in [1.82, 2.24) is 4.57 Å². The Bertz CT molecular complexity index is 746. The summed E-state index contributed by atoms with van der Waals surface area (Å²) in [6.45, 7) is 0. The van der Waals surface area contributed by atoms with Crippen LogP contribution in [-0.4, -0.2) is 9.67 Å². The Morgan fingerprint density at radius 3 is 1.95 bits per heavy atom. The van der Waals surface area contributed by atoms with Gasteiger partial charge in [-0.2, -0.15) is 0 Å². The van der Waals surface area contributed by atoms with Crippen molar-refractivity contribution in [2.75, 3.05) is 0 Å². The Balaban J connectivity index is 2.00. The Hall–Kier alpha value is -2.32. The number of fused-ring (bicyclic) bond motifs is 3. The fourth-order valence-electron chi connectivity index (χ4n) is 3.20. The number of benzene rings is 2. The number of aliphatic hydroxyl groups is 1. The lowest BCUT2D eigenvalue weighted by molar-refractivity contribution is 0.130. The van der Waals surface area contributed by atoms with Crippen LogP contribution in [0.15, 0.2) is 73.1 Å². The minimum atomic E-state index is -0.520. The Labute approximate surface area is 117 Å². The average Bonchev–Trinajstić information content (AvgIpc) is 3.02. The summed E-state index contributed by atoms with van der Waals surface area (Å²) in [4.78, 5) is 0. The first-order valence-corrected chi connectivity index (χ1v) is 6.85. The minimum Gasteiger partial charge on any atom is -0.386 e. The van der Waals surface area contributed by atoms with Gasteiger partial charge in [0.05, 0.1) is 6.04 Å². The molecule has 1 heterocycles. The van der Waals surface area contributed by atoms with E-state index in [1.165, 1.54) is 11.1 Å². The molecule has 2 aromatic carbocycles. The van der Waals surface area contributed by atoms with E-state index in [0.717, 1.165) is 11.1 Å². The SMILES string of the molecule is OC1c2ccccc2-c2ccccc2C1n1cccc1. The summed E-state index contributed by atoms with van der Waals surface area (Å²) in [6, 6.07) is 20.4. The van der Waals surface area contributed by atoms with Gasteiger partial charge in [0.25, 0.3) is 0 Å². The number of hydrogen-bond acceptors (Lipinski definition) is 1. The zero-order valence-corrected chi connectivity index (χ0v) is 11.0. The highest BCUT2D eigenvalue weighted by Crippen LogP contribution is 2.45. The van der Waals surface area contributed by atoms with Gasteiger partial charge in [-0.1, -0.05) is 48.5 Å². The first kappa shape index (κ1) is 11.5. The van der Waals surface area contributed by atoms with Crippen molar-refractivity contribution in [1.29, 1.82) is 0 Å². The molecule has 2 atom stereocenters. The summed E-state index contributed by atoms with van der Waals surface area (Å²) in [5.41, 5.74) is 4.53. The normalized spacial score (nSPS) is 20.2. The first-order chi connectivity index (χ1) is 9.86. The second-order valence-electron chi connectivity index (χ2n) is 5.19. The van der Waals surface area contributed by atoms with Crippen LogP contribution in [0, 0.1) is 0 Å². The Morgan fingerprint density at radius 1 is 0.700 bits per heavy atom. The molecule has 4 rings (SSSR count). The zero-order valence-electron chi connectivity index (χ0n) is 11.0. The maximum Gasteiger partial charge on any atom is 0.104 e. The van der Waals surface area contributed by atoms with Crippen LogP contribution in [0.2, 0.25) is 0 Å². The molecule has 0 aliphatic heterocycles. The van der Waals surface area contributed by atoms with Gasteiger partial charge >= 0.3 is 0 Å². The zero-order chi connectivity index (χ0) is 13.5. The lowest BCUT2D eigenvalue weighted by Gasteiger charge is -2.33. The van der Waals surface area contributed by atoms with Crippen molar-refractivity contribution in [2.45, 2.75) is 12.1 Å². The minimum absolute atomic E-state index is 0.0592. The van der Waals surface area contributed by atoms with Crippen molar-refractivity contribution in [3.05, 3.63) is 84.2 Å². The van der Waals surface area contributed by atoms with Gasteiger partial charge in [0, 0.05) is 12.4 Å². The molecule has 1 N–H and O–H groups in total. The molecule has 20 heavy (non-hydrogen) atoms. The Kier molecular flexibility index (Phi) is 2.51. The lowest BCUT2D eigenvalue weighted by Crippen LogP contribution is -2.22. The van der Waals surface area contributed by atoms with Gasteiger partial charge in [0.2, 0.25) is 0 Å². The molecule has 0 saturated heterocycles. The van der Waals surface area contributed by atoms with E-state index in [1.807, 2.05) is 48.8 Å². The predicted molar refractivity (Wildman–Crippen MR) is 79.4 cm³/mol. The third-order valence-electron chi connectivity index (χ3n) is 4.10. The van der Waals surface area contributed by atoms with Crippen molar-refractivity contribution in [3.63, 3.8) is 0 Å². The summed E-state index contributed by atoms with van der Waals surface area (Å²) in [5.74, 6) is 0. The molecule has 1 aliphatic rings. The van der Waals surface area contributed by atoms with Crippen LogP contribution in [-0.2, 0) is 0 Å². The average molecular weight is 261 g/mol. The monoisotopic (exact) mass is 261 g/mol. The van der Waals surface area contributed by atoms with Crippen LogP contribution in [0.3, 0.4) is 0 Å². The second-order valence-corrected chi connectivity index (χ2v) is 5.19. The molecule has 2 nitrogen and oxygen atoms in total. The lowest BCUT2D eigenvalue weighted by atomic mass is 9.80. The molecular weight excluding hydrogens is 246 g/mol. The molecule has 1 aromatic heterocycles. The summed E-state index contributed by atoms with van der Waals surface area (Å²) in [5, 5.41) is 10.8. The highest BCUT2D eigenvalue weighted by Gasteiger charge is 2.32. The number of hydrogen-bond donors (Lipinski definition) is 1. The standard InChI is InChI=1S/C18H15NO/c20-18-16-10-4-2-8-14(16)13-7-1-3-9-15(13)17(18)19-11-5-6-12-19/h1-12,17-18,20H. The van der Waals surface area contributed by atoms with Crippen molar-refractivity contribution < 1.29 is 5.11 Å². The fourth-order valence-corrected chi connectivity index (χ4v) is 3.20. The van der Waals surface area contributed by atoms with Crippen LogP contribution in [0.5, 0.6) is 0 Å². The fraction of sp³-hybridized carbons (Fsp3) is 0.111. The van der Waals surface area contributed by atoms with E-state index < -0.39 is 6.10 Å². The van der Waals surface area contributed by atoms with Gasteiger partial charge < -0.3 is 9.67 Å². The number of aromatic nitrogens is 1. The van der Waals surface area contributed by atoms with Crippen LogP contribution in [0.4, 0.5) is 0 Å². The molecule has 0 radical (unpaired) electrons. The van der Waals surface area contributed by atoms with E-state index in [1.54, 1.807) is 0 Å². The van der Waals surface area contributed by atoms with Crippen LogP contribution in [0.25, 0.3) is 11.1 Å². The van der Waals surface area contributed by atoms with Crippen molar-refractivity contribution in [2.24, 2.45) is 0 Å². The van der Waals surface area contributed by atoms with Gasteiger partial charge in [-0.15, -0.1) is 0 Å². The largest absolute Gasteiger partial charge is 0.386 e. The molecule has 1 aliphatic carbocycles. The molecule has 98 valence electrons. The highest BCUT2D eigenvalue weighted by atomic mass is 16.3. The van der Waals surface area contributed by atoms with Gasteiger partial charge in [0.1, 0.15) is 6.10 Å². The highest BCUT2D eigenvalue weighted by molar-refractivity contribution is 5.74. The van der Waals surface area contributed by atoms with E-state index in [2.05, 4.69) is 28.8 Å². The molecule has 0 fully saturated rings. The Morgan fingerprint density at radius 2 is 1.25 bits per heavy atom. The summed E-state index contributed by atoms with van der Waals surface area (Å²) in [6.07, 6.45) is 3.51. The molecular formula is C18H15NO. The smallest absolute Gasteiger partial charge is 0.104 e. The molecule has 2 heteroatoms. The summed E-state index contributed by atoms with van der Waals surface area (Å²) in [7, 11) is 0. The van der Waals surface area contributed by atoms with E-state index in [-0.39, 0.29) is 6.04 Å². The van der Waals surface area contributed by atoms with Crippen molar-refractivity contribution in [3.8, 4) is 11.1 Å². The molecule has 0 bridgehead atoms. The van der Waals surface area contributed by atoms with E-state index in [9.17, 15) is 5.11 Å². The molecule has 3 aromatic rings. The predicted octanol–water partition coefficient (Wildman–Crippen LogP) is 3.79. The van der Waals surface area contributed by atoms with Gasteiger partial charge in [-0.25, -0.2) is 0 Å². The first-order valence-electron chi connectivity index (χ1n) is 6.85. The molecule has 0 amide bonds. The maximum absolute atomic E-state index is 10.8. The summed E-state index contributed by atoms with van der Waals surface area (Å²) < 4.78 is 2.08. The van der Waals surface area contributed by atoms with E-state index in [0.29, 0.717) is 0 Å². The molecule has 0 spiro atoms. The molecule has 2 unspecified atom stereocenters. The quantitative estimate of drug-likeness (QED) is 0.708. The molecule has 0 saturated carbocycles. The topological polar surface area (TPSA) is 25.2 Å². The number of aliphatic hydroxyl groups excluding tert-OH is 1. The van der Waals surface area contributed by atoms with Crippen LogP contribution >= 0.6 is 0 Å². The van der Waals surface area contributed by atoms with Crippen molar-refractivity contribution >= 4 is 0 Å². The number of nitrogens with zero attached hydrogens (tertiary/aromatic N) is 1. The number of rotatable bonds is 1. The van der Waals surface area contributed by atoms with Crippen LogP contribution in [0.1, 0.15) is 23.3 Å². The maximum atomic E-state index is 10.8. The van der Waals surface area contributed by atoms with Gasteiger partial charge in [-0.3, -0.25) is 0 Å². The third-order valence-corrected chi connectivity index (χ3v) is 4.10. The van der Waals surface area contributed by atoms with Gasteiger partial charge in [0.15, 0.2) is 0 Å². The van der Waals surface area contributed by atoms with E-state index >= 15 is 0 Å². The van der Waals surface area contributed by atoms with E-state index in [4.69, 9.17) is 0 Å². The summed E-state index contributed by atoms with van der Waals surface area (Å²) >= 11 is 0. The van der Waals surface area contributed by atoms with Crippen LogP contribution < -0.4 is 0 Å². The van der Waals surface area contributed by atoms with Gasteiger partial charge in [-0.05, 0) is 34.4 Å².